The van der Waals surface area contributed by atoms with Gasteiger partial charge in [0, 0.05) is 11.8 Å². The molecular formula is C9H13NO. The minimum absolute atomic E-state index is 0.0153. The van der Waals surface area contributed by atoms with Gasteiger partial charge >= 0.3 is 0 Å². The van der Waals surface area contributed by atoms with Crippen LogP contribution in [0.4, 0.5) is 0 Å². The Labute approximate surface area is 67.0 Å². The van der Waals surface area contributed by atoms with Crippen molar-refractivity contribution in [2.75, 3.05) is 0 Å². The van der Waals surface area contributed by atoms with Gasteiger partial charge in [-0.3, -0.25) is 4.79 Å². The summed E-state index contributed by atoms with van der Waals surface area (Å²) in [6.07, 6.45) is 5.60. The smallest absolute Gasteiger partial charge is 0.248 e. The Morgan fingerprint density at radius 1 is 1.55 bits per heavy atom. The van der Waals surface area contributed by atoms with Crippen molar-refractivity contribution >= 4 is 5.91 Å². The Morgan fingerprint density at radius 2 is 2.27 bits per heavy atom. The summed E-state index contributed by atoms with van der Waals surface area (Å²) in [5, 5.41) is 2.79. The number of hydrogen-bond acceptors (Lipinski definition) is 1. The molecule has 1 N–H and O–H groups in total. The molecule has 0 atom stereocenters. The lowest BCUT2D eigenvalue weighted by atomic mass is 10.1. The largest absolute Gasteiger partial charge is 0.323 e. The first-order valence-electron chi connectivity index (χ1n) is 4.00. The lowest BCUT2D eigenvalue weighted by molar-refractivity contribution is -0.115. The molecule has 1 aliphatic rings. The molecule has 1 amide bonds. The summed E-state index contributed by atoms with van der Waals surface area (Å²) in [5.41, 5.74) is 2.12. The Balaban J connectivity index is 2.79. The predicted molar refractivity (Wildman–Crippen MR) is 44.9 cm³/mol. The Morgan fingerprint density at radius 3 is 2.82 bits per heavy atom. The second-order valence-electron chi connectivity index (χ2n) is 2.54. The molecule has 0 spiro atoms. The molecule has 1 heterocycles. The molecule has 0 aromatic heterocycles. The van der Waals surface area contributed by atoms with Crippen molar-refractivity contribution in [1.29, 1.82) is 0 Å². The van der Waals surface area contributed by atoms with Crippen molar-refractivity contribution in [3.63, 3.8) is 0 Å². The van der Waals surface area contributed by atoms with Crippen LogP contribution in [0.25, 0.3) is 0 Å². The third-order valence-electron chi connectivity index (χ3n) is 1.70. The molecule has 0 aromatic carbocycles. The van der Waals surface area contributed by atoms with E-state index in [1.54, 1.807) is 6.08 Å². The highest BCUT2D eigenvalue weighted by Crippen LogP contribution is 2.16. The number of amides is 1. The molecule has 60 valence electrons. The average Bonchev–Trinajstić information content (AvgIpc) is 2.32. The molecule has 2 heteroatoms. The number of rotatable bonds is 2. The topological polar surface area (TPSA) is 29.1 Å². The molecule has 0 radical (unpaired) electrons. The predicted octanol–water partition coefficient (Wildman–Crippen LogP) is 1.75. The molecule has 1 rings (SSSR count). The van der Waals surface area contributed by atoms with Crippen LogP contribution in [0.5, 0.6) is 0 Å². The first-order valence-corrected chi connectivity index (χ1v) is 4.00. The van der Waals surface area contributed by atoms with Crippen molar-refractivity contribution < 1.29 is 4.79 Å². The number of nitrogens with one attached hydrogen (secondary N) is 1. The van der Waals surface area contributed by atoms with Crippen LogP contribution in [-0.4, -0.2) is 5.91 Å². The van der Waals surface area contributed by atoms with Gasteiger partial charge in [0.25, 0.3) is 0 Å². The van der Waals surface area contributed by atoms with Crippen molar-refractivity contribution in [2.45, 2.75) is 26.7 Å². The fraction of sp³-hybridized carbons (Fsp3) is 0.444. The van der Waals surface area contributed by atoms with E-state index in [9.17, 15) is 4.79 Å². The summed E-state index contributed by atoms with van der Waals surface area (Å²) in [6, 6.07) is 0. The van der Waals surface area contributed by atoms with Gasteiger partial charge in [0.15, 0.2) is 0 Å². The van der Waals surface area contributed by atoms with Gasteiger partial charge in [0.1, 0.15) is 0 Å². The van der Waals surface area contributed by atoms with Gasteiger partial charge in [0.05, 0.1) is 0 Å². The Kier molecular flexibility index (Phi) is 2.47. The summed E-state index contributed by atoms with van der Waals surface area (Å²) < 4.78 is 0. The van der Waals surface area contributed by atoms with Gasteiger partial charge in [-0.05, 0) is 18.4 Å². The van der Waals surface area contributed by atoms with Crippen LogP contribution >= 0.6 is 0 Å². The molecule has 2 nitrogen and oxygen atoms in total. The molecule has 0 fully saturated rings. The number of allylic oxidation sites excluding steroid dienone is 2. The SMILES string of the molecule is CC/C=C1/NC(=O)C=C1CC. The zero-order valence-electron chi connectivity index (χ0n) is 6.98. The second kappa shape index (κ2) is 3.37. The average molecular weight is 151 g/mol. The number of carbonyl (C=O) groups is 1. The molecule has 0 aliphatic carbocycles. The fourth-order valence-electron chi connectivity index (χ4n) is 1.16. The summed E-state index contributed by atoms with van der Waals surface area (Å²) in [6.45, 7) is 4.11. The molecule has 11 heavy (non-hydrogen) atoms. The lowest BCUT2D eigenvalue weighted by Crippen LogP contribution is -2.13. The van der Waals surface area contributed by atoms with E-state index in [0.717, 1.165) is 24.1 Å². The highest BCUT2D eigenvalue weighted by Gasteiger charge is 2.13. The highest BCUT2D eigenvalue weighted by molar-refractivity contribution is 5.94. The third-order valence-corrected chi connectivity index (χ3v) is 1.70. The van der Waals surface area contributed by atoms with E-state index >= 15 is 0 Å². The Bertz CT molecular complexity index is 226. The van der Waals surface area contributed by atoms with E-state index in [1.807, 2.05) is 6.08 Å². The normalized spacial score (nSPS) is 20.4. The minimum Gasteiger partial charge on any atom is -0.323 e. The first-order chi connectivity index (χ1) is 5.27. The maximum atomic E-state index is 10.9. The van der Waals surface area contributed by atoms with Gasteiger partial charge in [-0.2, -0.15) is 0 Å². The van der Waals surface area contributed by atoms with Gasteiger partial charge in [0.2, 0.25) is 5.91 Å². The van der Waals surface area contributed by atoms with Crippen LogP contribution < -0.4 is 5.32 Å². The van der Waals surface area contributed by atoms with Gasteiger partial charge in [-0.1, -0.05) is 19.9 Å². The molecule has 0 aromatic rings. The van der Waals surface area contributed by atoms with Crippen LogP contribution in [0.2, 0.25) is 0 Å². The number of carbonyl (C=O) groups excluding carboxylic acids is 1. The van der Waals surface area contributed by atoms with Crippen LogP contribution in [0.1, 0.15) is 26.7 Å². The minimum atomic E-state index is 0.0153. The third kappa shape index (κ3) is 1.70. The quantitative estimate of drug-likeness (QED) is 0.640. The van der Waals surface area contributed by atoms with Crippen molar-refractivity contribution in [2.24, 2.45) is 0 Å². The van der Waals surface area contributed by atoms with E-state index < -0.39 is 0 Å². The molecule has 0 unspecified atom stereocenters. The van der Waals surface area contributed by atoms with E-state index in [-0.39, 0.29) is 5.91 Å². The van der Waals surface area contributed by atoms with E-state index in [2.05, 4.69) is 19.2 Å². The molecule has 0 bridgehead atoms. The zero-order chi connectivity index (χ0) is 8.27. The molecule has 0 saturated heterocycles. The van der Waals surface area contributed by atoms with Crippen LogP contribution in [0.15, 0.2) is 23.4 Å². The van der Waals surface area contributed by atoms with Crippen molar-refractivity contribution in [3.05, 3.63) is 23.4 Å². The summed E-state index contributed by atoms with van der Waals surface area (Å²) in [5.74, 6) is 0.0153. The Hall–Kier alpha value is -1.05. The first kappa shape index (κ1) is 8.05. The van der Waals surface area contributed by atoms with Crippen molar-refractivity contribution in [3.8, 4) is 0 Å². The van der Waals surface area contributed by atoms with E-state index in [0.29, 0.717) is 0 Å². The van der Waals surface area contributed by atoms with Crippen LogP contribution in [-0.2, 0) is 4.79 Å². The summed E-state index contributed by atoms with van der Waals surface area (Å²) in [4.78, 5) is 10.9. The number of hydrogen-bond donors (Lipinski definition) is 1. The van der Waals surface area contributed by atoms with E-state index in [4.69, 9.17) is 0 Å². The maximum absolute atomic E-state index is 10.9. The monoisotopic (exact) mass is 151 g/mol. The molecular weight excluding hydrogens is 138 g/mol. The maximum Gasteiger partial charge on any atom is 0.248 e. The van der Waals surface area contributed by atoms with Gasteiger partial charge in [-0.15, -0.1) is 0 Å². The molecule has 1 aliphatic heterocycles. The standard InChI is InChI=1S/C9H13NO/c1-3-5-8-7(4-2)6-9(11)10-8/h5-6H,3-4H2,1-2H3,(H,10,11)/b8-5+. The summed E-state index contributed by atoms with van der Waals surface area (Å²) in [7, 11) is 0. The van der Waals surface area contributed by atoms with Crippen LogP contribution in [0.3, 0.4) is 0 Å². The fourth-order valence-corrected chi connectivity index (χ4v) is 1.16. The van der Waals surface area contributed by atoms with Gasteiger partial charge in [-0.25, -0.2) is 0 Å². The second-order valence-corrected chi connectivity index (χ2v) is 2.54. The van der Waals surface area contributed by atoms with Crippen LogP contribution in [0, 0.1) is 0 Å². The zero-order valence-corrected chi connectivity index (χ0v) is 6.98. The van der Waals surface area contributed by atoms with Gasteiger partial charge < -0.3 is 5.32 Å². The lowest BCUT2D eigenvalue weighted by Gasteiger charge is -2.00. The summed E-state index contributed by atoms with van der Waals surface area (Å²) >= 11 is 0. The molecule has 0 saturated carbocycles. The highest BCUT2D eigenvalue weighted by atomic mass is 16.1. The van der Waals surface area contributed by atoms with Crippen molar-refractivity contribution in [1.82, 2.24) is 5.32 Å². The van der Waals surface area contributed by atoms with E-state index in [1.165, 1.54) is 0 Å².